The second-order valence-corrected chi connectivity index (χ2v) is 8.46. The molecule has 0 spiro atoms. The molecule has 5 heterocycles. The first-order chi connectivity index (χ1) is 15.2. The van der Waals surface area contributed by atoms with Crippen molar-refractivity contribution in [3.63, 3.8) is 0 Å². The standard InChI is InChI=1S/C23H22N6O2/c30-22(24-19-13-28-11-9-14(19)10-12-28)15-5-7-16(8-6-15)29-23(31)21-20(27-29)17-3-1-2-4-18(17)25-26-21/h1-8,14,19,27H,9-13H2,(H,24,30). The zero-order valence-electron chi connectivity index (χ0n) is 16.9. The van der Waals surface area contributed by atoms with E-state index in [1.807, 2.05) is 24.3 Å². The van der Waals surface area contributed by atoms with Gasteiger partial charge in [-0.15, -0.1) is 10.2 Å². The fourth-order valence-corrected chi connectivity index (χ4v) is 4.91. The molecule has 2 aromatic carbocycles. The zero-order valence-corrected chi connectivity index (χ0v) is 16.9. The van der Waals surface area contributed by atoms with E-state index < -0.39 is 0 Å². The molecule has 2 N–H and O–H groups in total. The summed E-state index contributed by atoms with van der Waals surface area (Å²) in [6.45, 7) is 3.23. The summed E-state index contributed by atoms with van der Waals surface area (Å²) in [5, 5.41) is 15.4. The van der Waals surface area contributed by atoms with Gasteiger partial charge in [0.15, 0.2) is 5.52 Å². The maximum atomic E-state index is 12.9. The van der Waals surface area contributed by atoms with Crippen molar-refractivity contribution in [2.24, 2.45) is 5.92 Å². The summed E-state index contributed by atoms with van der Waals surface area (Å²) in [6.07, 6.45) is 2.31. The molecule has 2 bridgehead atoms. The molecule has 31 heavy (non-hydrogen) atoms. The van der Waals surface area contributed by atoms with Crippen LogP contribution in [-0.2, 0) is 0 Å². The smallest absolute Gasteiger partial charge is 0.299 e. The molecule has 0 radical (unpaired) electrons. The number of hydrogen-bond donors (Lipinski definition) is 2. The normalized spacial score (nSPS) is 22.8. The molecule has 1 unspecified atom stereocenters. The SMILES string of the molecule is O=C(NC1CN2CCC1CC2)c1ccc(-n2[nH]c3c(nnc4ccccc43)c2=O)cc1. The molecule has 156 valence electrons. The van der Waals surface area contributed by atoms with Crippen molar-refractivity contribution in [2.45, 2.75) is 18.9 Å². The van der Waals surface area contributed by atoms with Crippen LogP contribution in [0.3, 0.4) is 0 Å². The Balaban J connectivity index is 1.28. The van der Waals surface area contributed by atoms with Gasteiger partial charge in [0.1, 0.15) is 0 Å². The minimum atomic E-state index is -0.266. The number of aromatic amines is 1. The number of nitrogens with zero attached hydrogens (tertiary/aromatic N) is 4. The number of hydrogen-bond acceptors (Lipinski definition) is 5. The van der Waals surface area contributed by atoms with Gasteiger partial charge in [-0.05, 0) is 62.2 Å². The number of piperidine rings is 3. The number of aromatic nitrogens is 4. The van der Waals surface area contributed by atoms with Crippen LogP contribution in [0.25, 0.3) is 27.6 Å². The third-order valence-corrected chi connectivity index (χ3v) is 6.66. The molecule has 0 aliphatic carbocycles. The Hall–Kier alpha value is -3.52. The van der Waals surface area contributed by atoms with E-state index in [-0.39, 0.29) is 17.5 Å². The second-order valence-electron chi connectivity index (χ2n) is 8.46. The first-order valence-corrected chi connectivity index (χ1v) is 10.7. The van der Waals surface area contributed by atoms with Crippen molar-refractivity contribution in [1.29, 1.82) is 0 Å². The van der Waals surface area contributed by atoms with E-state index in [0.29, 0.717) is 28.2 Å². The molecule has 3 aliphatic rings. The number of fused-ring (bicyclic) bond motifs is 6. The van der Waals surface area contributed by atoms with E-state index in [9.17, 15) is 9.59 Å². The quantitative estimate of drug-likeness (QED) is 0.535. The van der Waals surface area contributed by atoms with Crippen LogP contribution < -0.4 is 10.9 Å². The van der Waals surface area contributed by atoms with Crippen LogP contribution in [0.1, 0.15) is 23.2 Å². The molecule has 0 saturated carbocycles. The summed E-state index contributed by atoms with van der Waals surface area (Å²) in [6, 6.07) is 14.9. The van der Waals surface area contributed by atoms with Crippen molar-refractivity contribution >= 4 is 27.8 Å². The molecule has 1 atom stereocenters. The van der Waals surface area contributed by atoms with Gasteiger partial charge in [-0.1, -0.05) is 18.2 Å². The Morgan fingerprint density at radius 2 is 1.81 bits per heavy atom. The third kappa shape index (κ3) is 3.02. The van der Waals surface area contributed by atoms with E-state index in [0.717, 1.165) is 43.4 Å². The molecular formula is C23H22N6O2. The van der Waals surface area contributed by atoms with E-state index in [1.54, 1.807) is 24.3 Å². The Labute approximate surface area is 177 Å². The van der Waals surface area contributed by atoms with Crippen molar-refractivity contribution in [2.75, 3.05) is 19.6 Å². The average Bonchev–Trinajstić information content (AvgIpc) is 3.17. The second kappa shape index (κ2) is 7.02. The Morgan fingerprint density at radius 3 is 2.55 bits per heavy atom. The summed E-state index contributed by atoms with van der Waals surface area (Å²) in [5.74, 6) is 0.514. The highest BCUT2D eigenvalue weighted by Crippen LogP contribution is 2.27. The van der Waals surface area contributed by atoms with Crippen LogP contribution in [0, 0.1) is 5.92 Å². The maximum Gasteiger partial charge on any atom is 0.299 e. The van der Waals surface area contributed by atoms with Crippen molar-refractivity contribution < 1.29 is 4.79 Å². The lowest BCUT2D eigenvalue weighted by molar-refractivity contribution is 0.0620. The lowest BCUT2D eigenvalue weighted by Gasteiger charge is -2.44. The fraction of sp³-hybridized carbons (Fsp3) is 0.304. The van der Waals surface area contributed by atoms with Crippen LogP contribution >= 0.6 is 0 Å². The molecule has 8 heteroatoms. The first-order valence-electron chi connectivity index (χ1n) is 10.7. The van der Waals surface area contributed by atoms with Crippen LogP contribution in [0.5, 0.6) is 0 Å². The van der Waals surface area contributed by atoms with Gasteiger partial charge in [0, 0.05) is 23.5 Å². The van der Waals surface area contributed by atoms with Gasteiger partial charge < -0.3 is 10.2 Å². The van der Waals surface area contributed by atoms with Crippen molar-refractivity contribution in [1.82, 2.24) is 30.2 Å². The number of carbonyl (C=O) groups is 1. The van der Waals surface area contributed by atoms with E-state index >= 15 is 0 Å². The summed E-state index contributed by atoms with van der Waals surface area (Å²) < 4.78 is 1.45. The highest BCUT2D eigenvalue weighted by Gasteiger charge is 2.34. The number of rotatable bonds is 3. The lowest BCUT2D eigenvalue weighted by atomic mass is 9.84. The number of amides is 1. The predicted octanol–water partition coefficient (Wildman–Crippen LogP) is 2.09. The minimum Gasteiger partial charge on any atom is -0.348 e. The van der Waals surface area contributed by atoms with E-state index in [2.05, 4.69) is 25.5 Å². The Bertz CT molecular complexity index is 1350. The number of carbonyl (C=O) groups excluding carboxylic acids is 1. The topological polar surface area (TPSA) is 95.9 Å². The van der Waals surface area contributed by atoms with Gasteiger partial charge in [-0.3, -0.25) is 14.7 Å². The summed E-state index contributed by atoms with van der Waals surface area (Å²) in [4.78, 5) is 28.1. The largest absolute Gasteiger partial charge is 0.348 e. The average molecular weight is 414 g/mol. The lowest BCUT2D eigenvalue weighted by Crippen LogP contribution is -2.57. The summed E-state index contributed by atoms with van der Waals surface area (Å²) >= 11 is 0. The van der Waals surface area contributed by atoms with Crippen LogP contribution in [0.4, 0.5) is 0 Å². The number of benzene rings is 2. The molecule has 3 fully saturated rings. The van der Waals surface area contributed by atoms with E-state index in [1.165, 1.54) is 4.68 Å². The Morgan fingerprint density at radius 1 is 1.03 bits per heavy atom. The van der Waals surface area contributed by atoms with Gasteiger partial charge in [0.2, 0.25) is 0 Å². The zero-order chi connectivity index (χ0) is 20.9. The number of nitrogens with one attached hydrogen (secondary N) is 2. The third-order valence-electron chi connectivity index (χ3n) is 6.66. The van der Waals surface area contributed by atoms with Gasteiger partial charge >= 0.3 is 0 Å². The van der Waals surface area contributed by atoms with Crippen LogP contribution in [0.2, 0.25) is 0 Å². The summed E-state index contributed by atoms with van der Waals surface area (Å²) in [5.41, 5.74) is 2.64. The van der Waals surface area contributed by atoms with Crippen molar-refractivity contribution in [3.8, 4) is 5.69 Å². The van der Waals surface area contributed by atoms with Gasteiger partial charge in [-0.25, -0.2) is 4.68 Å². The van der Waals surface area contributed by atoms with Crippen molar-refractivity contribution in [3.05, 3.63) is 64.4 Å². The van der Waals surface area contributed by atoms with E-state index in [4.69, 9.17) is 0 Å². The molecule has 4 aromatic rings. The summed E-state index contributed by atoms with van der Waals surface area (Å²) in [7, 11) is 0. The Kier molecular flexibility index (Phi) is 4.14. The highest BCUT2D eigenvalue weighted by molar-refractivity contribution is 6.00. The van der Waals surface area contributed by atoms with Gasteiger partial charge in [-0.2, -0.15) is 0 Å². The molecule has 3 saturated heterocycles. The first kappa shape index (κ1) is 18.3. The van der Waals surface area contributed by atoms with Crippen LogP contribution in [0.15, 0.2) is 53.3 Å². The molecule has 7 rings (SSSR count). The minimum absolute atomic E-state index is 0.0637. The van der Waals surface area contributed by atoms with Gasteiger partial charge in [0.25, 0.3) is 11.5 Å². The molecule has 8 nitrogen and oxygen atoms in total. The maximum absolute atomic E-state index is 12.9. The predicted molar refractivity (Wildman–Crippen MR) is 117 cm³/mol. The monoisotopic (exact) mass is 414 g/mol. The molecule has 1 amide bonds. The van der Waals surface area contributed by atoms with Crippen LogP contribution in [-0.4, -0.2) is 56.5 Å². The molecule has 3 aliphatic heterocycles. The highest BCUT2D eigenvalue weighted by atomic mass is 16.2. The molecular weight excluding hydrogens is 392 g/mol. The van der Waals surface area contributed by atoms with Gasteiger partial charge in [0.05, 0.1) is 16.7 Å². The molecule has 2 aromatic heterocycles. The fourth-order valence-electron chi connectivity index (χ4n) is 4.91. The number of H-pyrrole nitrogens is 1.